The fourth-order valence-corrected chi connectivity index (χ4v) is 3.81. The molecule has 1 fully saturated rings. The predicted molar refractivity (Wildman–Crippen MR) is 88.4 cm³/mol. The van der Waals surface area contributed by atoms with Gasteiger partial charge in [-0.1, -0.05) is 0 Å². The molecule has 1 saturated carbocycles. The number of rotatable bonds is 4. The first-order valence-electron chi connectivity index (χ1n) is 8.13. The third kappa shape index (κ3) is 2.90. The molecule has 0 spiro atoms. The van der Waals surface area contributed by atoms with Crippen LogP contribution in [0.3, 0.4) is 0 Å². The first kappa shape index (κ1) is 14.8. The number of nitrogens with one attached hydrogen (secondary N) is 1. The highest BCUT2D eigenvalue weighted by molar-refractivity contribution is 7.09. The lowest BCUT2D eigenvalue weighted by atomic mass is 10.2. The molecular formula is C16H21N5OS. The highest BCUT2D eigenvalue weighted by atomic mass is 32.1. The SMILES string of the molecule is Cc1ncsc1CN1CCn2cc(C(=O)NC3CC3)nc2[C@H]1C. The first-order chi connectivity index (χ1) is 11.1. The van der Waals surface area contributed by atoms with Gasteiger partial charge in [-0.15, -0.1) is 11.3 Å². The van der Waals surface area contributed by atoms with Crippen molar-refractivity contribution >= 4 is 17.2 Å². The number of aryl methyl sites for hydroxylation is 1. The van der Waals surface area contributed by atoms with Gasteiger partial charge < -0.3 is 9.88 Å². The average Bonchev–Trinajstić information content (AvgIpc) is 3.08. The van der Waals surface area contributed by atoms with Crippen molar-refractivity contribution in [2.75, 3.05) is 6.54 Å². The van der Waals surface area contributed by atoms with E-state index in [1.165, 1.54) is 4.88 Å². The van der Waals surface area contributed by atoms with E-state index in [9.17, 15) is 4.79 Å². The maximum Gasteiger partial charge on any atom is 0.271 e. The lowest BCUT2D eigenvalue weighted by Crippen LogP contribution is -2.36. The van der Waals surface area contributed by atoms with Gasteiger partial charge in [-0.2, -0.15) is 0 Å². The lowest BCUT2D eigenvalue weighted by molar-refractivity contribution is 0.0946. The van der Waals surface area contributed by atoms with Crippen molar-refractivity contribution in [3.05, 3.63) is 33.8 Å². The van der Waals surface area contributed by atoms with E-state index >= 15 is 0 Å². The van der Waals surface area contributed by atoms with E-state index in [0.717, 1.165) is 44.0 Å². The third-order valence-electron chi connectivity index (χ3n) is 4.69. The zero-order valence-corrected chi connectivity index (χ0v) is 14.3. The molecule has 0 saturated heterocycles. The Balaban J connectivity index is 1.51. The number of hydrogen-bond donors (Lipinski definition) is 1. The Morgan fingerprint density at radius 1 is 1.43 bits per heavy atom. The summed E-state index contributed by atoms with van der Waals surface area (Å²) in [6.07, 6.45) is 4.09. The van der Waals surface area contributed by atoms with Gasteiger partial charge in [0.1, 0.15) is 11.5 Å². The molecule has 2 aliphatic rings. The summed E-state index contributed by atoms with van der Waals surface area (Å²) >= 11 is 1.71. The summed E-state index contributed by atoms with van der Waals surface area (Å²) in [5.74, 6) is 0.950. The Hall–Kier alpha value is -1.73. The van der Waals surface area contributed by atoms with Gasteiger partial charge in [-0.05, 0) is 26.7 Å². The second-order valence-electron chi connectivity index (χ2n) is 6.43. The molecule has 0 aromatic carbocycles. The van der Waals surface area contributed by atoms with Crippen molar-refractivity contribution in [1.82, 2.24) is 24.8 Å². The van der Waals surface area contributed by atoms with Crippen LogP contribution < -0.4 is 5.32 Å². The summed E-state index contributed by atoms with van der Waals surface area (Å²) in [6.45, 7) is 6.96. The number of fused-ring (bicyclic) bond motifs is 1. The van der Waals surface area contributed by atoms with Crippen LogP contribution in [0.4, 0.5) is 0 Å². The maximum atomic E-state index is 12.2. The van der Waals surface area contributed by atoms with E-state index < -0.39 is 0 Å². The van der Waals surface area contributed by atoms with E-state index in [1.807, 2.05) is 11.7 Å². The molecule has 23 heavy (non-hydrogen) atoms. The standard InChI is InChI=1S/C16H21N5OS/c1-10-14(23-9-17-10)8-20-5-6-21-7-13(19-15(21)11(20)2)16(22)18-12-3-4-12/h7,9,11-12H,3-6,8H2,1-2H3,(H,18,22)/t11-/m1/s1. The molecule has 0 bridgehead atoms. The summed E-state index contributed by atoms with van der Waals surface area (Å²) in [4.78, 5) is 24.9. The summed E-state index contributed by atoms with van der Waals surface area (Å²) in [7, 11) is 0. The topological polar surface area (TPSA) is 63.1 Å². The smallest absolute Gasteiger partial charge is 0.271 e. The molecule has 4 rings (SSSR count). The maximum absolute atomic E-state index is 12.2. The summed E-state index contributed by atoms with van der Waals surface area (Å²) in [5, 5.41) is 3.01. The van der Waals surface area contributed by atoms with E-state index in [0.29, 0.717) is 11.7 Å². The van der Waals surface area contributed by atoms with Gasteiger partial charge in [0.2, 0.25) is 0 Å². The highest BCUT2D eigenvalue weighted by Crippen LogP contribution is 2.28. The van der Waals surface area contributed by atoms with Crippen LogP contribution in [0.25, 0.3) is 0 Å². The van der Waals surface area contributed by atoms with Crippen LogP contribution in [-0.4, -0.2) is 37.9 Å². The third-order valence-corrected chi connectivity index (χ3v) is 5.61. The molecule has 1 aliphatic heterocycles. The van der Waals surface area contributed by atoms with Crippen molar-refractivity contribution in [2.45, 2.75) is 51.9 Å². The van der Waals surface area contributed by atoms with Crippen LogP contribution in [0.15, 0.2) is 11.7 Å². The van der Waals surface area contributed by atoms with Crippen molar-refractivity contribution in [1.29, 1.82) is 0 Å². The molecule has 122 valence electrons. The number of carbonyl (C=O) groups excluding carboxylic acids is 1. The number of carbonyl (C=O) groups is 1. The van der Waals surface area contributed by atoms with Crippen molar-refractivity contribution in [3.8, 4) is 0 Å². The number of aromatic nitrogens is 3. The van der Waals surface area contributed by atoms with Crippen LogP contribution in [0.1, 0.15) is 52.7 Å². The van der Waals surface area contributed by atoms with Gasteiger partial charge in [0.15, 0.2) is 0 Å². The van der Waals surface area contributed by atoms with Gasteiger partial charge in [0, 0.05) is 36.8 Å². The van der Waals surface area contributed by atoms with Gasteiger partial charge >= 0.3 is 0 Å². The van der Waals surface area contributed by atoms with Crippen LogP contribution >= 0.6 is 11.3 Å². The van der Waals surface area contributed by atoms with Crippen molar-refractivity contribution in [3.63, 3.8) is 0 Å². The molecule has 7 heteroatoms. The Labute approximate surface area is 139 Å². The van der Waals surface area contributed by atoms with Gasteiger partial charge in [0.05, 0.1) is 17.2 Å². The number of nitrogens with zero attached hydrogens (tertiary/aromatic N) is 4. The number of imidazole rings is 1. The van der Waals surface area contributed by atoms with Crippen molar-refractivity contribution in [2.24, 2.45) is 0 Å². The Morgan fingerprint density at radius 2 is 2.26 bits per heavy atom. The van der Waals surface area contributed by atoms with Gasteiger partial charge in [-0.25, -0.2) is 9.97 Å². The number of hydrogen-bond acceptors (Lipinski definition) is 5. The number of thiazole rings is 1. The molecule has 3 heterocycles. The first-order valence-corrected chi connectivity index (χ1v) is 9.00. The van der Waals surface area contributed by atoms with Gasteiger partial charge in [0.25, 0.3) is 5.91 Å². The van der Waals surface area contributed by atoms with Crippen LogP contribution in [0.2, 0.25) is 0 Å². The lowest BCUT2D eigenvalue weighted by Gasteiger charge is -2.33. The van der Waals surface area contributed by atoms with E-state index in [4.69, 9.17) is 0 Å². The summed E-state index contributed by atoms with van der Waals surface area (Å²) < 4.78 is 2.13. The molecule has 1 N–H and O–H groups in total. The second kappa shape index (κ2) is 5.72. The Morgan fingerprint density at radius 3 is 2.96 bits per heavy atom. The average molecular weight is 331 g/mol. The second-order valence-corrected chi connectivity index (χ2v) is 7.37. The predicted octanol–water partition coefficient (Wildman–Crippen LogP) is 2.12. The Bertz CT molecular complexity index is 733. The molecule has 1 amide bonds. The largest absolute Gasteiger partial charge is 0.348 e. The van der Waals surface area contributed by atoms with Crippen molar-refractivity contribution < 1.29 is 4.79 Å². The van der Waals surface area contributed by atoms with E-state index in [1.54, 1.807) is 11.3 Å². The minimum absolute atomic E-state index is 0.0357. The highest BCUT2D eigenvalue weighted by Gasteiger charge is 2.30. The molecule has 1 aliphatic carbocycles. The zero-order chi connectivity index (χ0) is 16.0. The number of amides is 1. The van der Waals surface area contributed by atoms with Crippen LogP contribution in [0.5, 0.6) is 0 Å². The minimum Gasteiger partial charge on any atom is -0.348 e. The Kier molecular flexibility index (Phi) is 3.69. The fourth-order valence-electron chi connectivity index (χ4n) is 3.01. The molecule has 0 unspecified atom stereocenters. The normalized spacial score (nSPS) is 21.2. The molecule has 1 atom stereocenters. The van der Waals surface area contributed by atoms with Gasteiger partial charge in [-0.3, -0.25) is 9.69 Å². The molecule has 2 aromatic heterocycles. The fraction of sp³-hybridized carbons (Fsp3) is 0.562. The molecule has 2 aromatic rings. The summed E-state index contributed by atoms with van der Waals surface area (Å²) in [5.41, 5.74) is 3.57. The quantitative estimate of drug-likeness (QED) is 0.932. The van der Waals surface area contributed by atoms with E-state index in [2.05, 4.69) is 38.6 Å². The zero-order valence-electron chi connectivity index (χ0n) is 13.5. The molecular weight excluding hydrogens is 310 g/mol. The monoisotopic (exact) mass is 331 g/mol. The summed E-state index contributed by atoms with van der Waals surface area (Å²) in [6, 6.07) is 0.567. The molecule has 0 radical (unpaired) electrons. The molecule has 6 nitrogen and oxygen atoms in total. The van der Waals surface area contributed by atoms with E-state index in [-0.39, 0.29) is 11.9 Å². The van der Waals surface area contributed by atoms with Crippen LogP contribution in [-0.2, 0) is 13.1 Å². The van der Waals surface area contributed by atoms with Crippen LogP contribution in [0, 0.1) is 6.92 Å². The minimum atomic E-state index is -0.0357.